The van der Waals surface area contributed by atoms with Crippen LogP contribution in [0.2, 0.25) is 0 Å². The smallest absolute Gasteiger partial charge is 0.142 e. The van der Waals surface area contributed by atoms with Crippen LogP contribution in [0.15, 0.2) is 42.5 Å². The van der Waals surface area contributed by atoms with Crippen molar-refractivity contribution in [1.29, 1.82) is 0 Å². The number of ether oxygens (including phenoxy) is 2. The molecule has 2 aromatic rings. The SMILES string of the molecule is COc1ccccc1COc1ccc(C#CCO)c(F)c1. The maximum absolute atomic E-state index is 13.8. The average molecular weight is 286 g/mol. The normalized spacial score (nSPS) is 9.67. The highest BCUT2D eigenvalue weighted by molar-refractivity contribution is 5.40. The third kappa shape index (κ3) is 3.98. The van der Waals surface area contributed by atoms with Crippen molar-refractivity contribution in [3.63, 3.8) is 0 Å². The summed E-state index contributed by atoms with van der Waals surface area (Å²) in [6.07, 6.45) is 0. The fourth-order valence-electron chi connectivity index (χ4n) is 1.81. The van der Waals surface area contributed by atoms with Gasteiger partial charge in [0.25, 0.3) is 0 Å². The molecular weight excluding hydrogens is 271 g/mol. The largest absolute Gasteiger partial charge is 0.496 e. The van der Waals surface area contributed by atoms with Crippen LogP contribution in [0.1, 0.15) is 11.1 Å². The van der Waals surface area contributed by atoms with Crippen molar-refractivity contribution < 1.29 is 19.0 Å². The lowest BCUT2D eigenvalue weighted by Crippen LogP contribution is -1.99. The van der Waals surface area contributed by atoms with Crippen LogP contribution < -0.4 is 9.47 Å². The van der Waals surface area contributed by atoms with E-state index in [4.69, 9.17) is 14.6 Å². The molecule has 21 heavy (non-hydrogen) atoms. The third-order valence-corrected chi connectivity index (χ3v) is 2.83. The summed E-state index contributed by atoms with van der Waals surface area (Å²) in [5, 5.41) is 8.60. The molecule has 4 heteroatoms. The van der Waals surface area contributed by atoms with E-state index in [0.29, 0.717) is 5.75 Å². The minimum absolute atomic E-state index is 0.230. The Hall–Kier alpha value is -2.51. The molecule has 0 aliphatic carbocycles. The van der Waals surface area contributed by atoms with Gasteiger partial charge < -0.3 is 14.6 Å². The van der Waals surface area contributed by atoms with Gasteiger partial charge >= 0.3 is 0 Å². The predicted molar refractivity (Wildman–Crippen MR) is 77.7 cm³/mol. The molecule has 0 heterocycles. The maximum Gasteiger partial charge on any atom is 0.142 e. The molecule has 0 aromatic heterocycles. The second-order valence-corrected chi connectivity index (χ2v) is 4.20. The number of halogens is 1. The molecule has 0 unspecified atom stereocenters. The Morgan fingerprint density at radius 1 is 1.19 bits per heavy atom. The van der Waals surface area contributed by atoms with E-state index >= 15 is 0 Å². The van der Waals surface area contributed by atoms with Crippen molar-refractivity contribution >= 4 is 0 Å². The zero-order valence-corrected chi connectivity index (χ0v) is 11.6. The molecule has 0 aliphatic rings. The van der Waals surface area contributed by atoms with E-state index in [1.807, 2.05) is 24.3 Å². The van der Waals surface area contributed by atoms with Gasteiger partial charge in [-0.3, -0.25) is 0 Å². The van der Waals surface area contributed by atoms with Crippen LogP contribution in [0.3, 0.4) is 0 Å². The van der Waals surface area contributed by atoms with Gasteiger partial charge in [-0.2, -0.15) is 0 Å². The molecule has 0 saturated heterocycles. The summed E-state index contributed by atoms with van der Waals surface area (Å²) < 4.78 is 24.5. The molecule has 0 atom stereocenters. The number of hydrogen-bond acceptors (Lipinski definition) is 3. The first-order chi connectivity index (χ1) is 10.2. The minimum atomic E-state index is -0.478. The Labute approximate surface area is 122 Å². The van der Waals surface area contributed by atoms with Crippen molar-refractivity contribution in [2.45, 2.75) is 6.61 Å². The Kier molecular flexibility index (Phi) is 5.19. The molecule has 0 radical (unpaired) electrons. The van der Waals surface area contributed by atoms with Gasteiger partial charge in [-0.25, -0.2) is 4.39 Å². The number of benzene rings is 2. The highest BCUT2D eigenvalue weighted by atomic mass is 19.1. The van der Waals surface area contributed by atoms with Crippen LogP contribution in [0, 0.1) is 17.7 Å². The summed E-state index contributed by atoms with van der Waals surface area (Å²) in [5.41, 5.74) is 1.11. The van der Waals surface area contributed by atoms with Crippen molar-refractivity contribution in [3.8, 4) is 23.3 Å². The van der Waals surface area contributed by atoms with E-state index < -0.39 is 5.82 Å². The third-order valence-electron chi connectivity index (χ3n) is 2.83. The standard InChI is InChI=1S/C17H15FO3/c1-20-17-7-3-2-5-14(17)12-21-15-9-8-13(6-4-10-19)16(18)11-15/h2-3,5,7-9,11,19H,10,12H2,1H3. The van der Waals surface area contributed by atoms with Crippen molar-refractivity contribution in [3.05, 3.63) is 59.4 Å². The van der Waals surface area contributed by atoms with Gasteiger partial charge in [0.15, 0.2) is 0 Å². The zero-order valence-electron chi connectivity index (χ0n) is 11.6. The maximum atomic E-state index is 13.8. The number of rotatable bonds is 4. The van der Waals surface area contributed by atoms with Crippen molar-refractivity contribution in [1.82, 2.24) is 0 Å². The summed E-state index contributed by atoms with van der Waals surface area (Å²) >= 11 is 0. The Bertz CT molecular complexity index is 671. The Morgan fingerprint density at radius 3 is 2.71 bits per heavy atom. The Balaban J connectivity index is 2.08. The molecule has 2 rings (SSSR count). The fourth-order valence-corrected chi connectivity index (χ4v) is 1.81. The van der Waals surface area contributed by atoms with Crippen molar-refractivity contribution in [2.75, 3.05) is 13.7 Å². The summed E-state index contributed by atoms with van der Waals surface area (Å²) in [7, 11) is 1.59. The summed E-state index contributed by atoms with van der Waals surface area (Å²) in [6.45, 7) is -0.0173. The second-order valence-electron chi connectivity index (χ2n) is 4.20. The lowest BCUT2D eigenvalue weighted by Gasteiger charge is -2.10. The number of aliphatic hydroxyl groups excluding tert-OH is 1. The quantitative estimate of drug-likeness (QED) is 0.878. The van der Waals surface area contributed by atoms with Gasteiger partial charge in [0.1, 0.15) is 30.5 Å². The lowest BCUT2D eigenvalue weighted by molar-refractivity contribution is 0.295. The minimum Gasteiger partial charge on any atom is -0.496 e. The molecule has 0 bridgehead atoms. The van der Waals surface area contributed by atoms with E-state index in [1.54, 1.807) is 13.2 Å². The van der Waals surface area contributed by atoms with Crippen LogP contribution >= 0.6 is 0 Å². The molecule has 0 aliphatic heterocycles. The predicted octanol–water partition coefficient (Wildman–Crippen LogP) is 2.76. The first kappa shape index (κ1) is 14.9. The molecule has 3 nitrogen and oxygen atoms in total. The first-order valence-electron chi connectivity index (χ1n) is 6.38. The van der Waals surface area contributed by atoms with E-state index in [1.165, 1.54) is 12.1 Å². The highest BCUT2D eigenvalue weighted by Gasteiger charge is 2.05. The molecular formula is C17H15FO3. The van der Waals surface area contributed by atoms with Gasteiger partial charge in [-0.1, -0.05) is 30.0 Å². The first-order valence-corrected chi connectivity index (χ1v) is 6.38. The molecule has 0 spiro atoms. The summed E-state index contributed by atoms with van der Waals surface area (Å²) in [5.74, 6) is 5.59. The molecule has 1 N–H and O–H groups in total. The fraction of sp³-hybridized carbons (Fsp3) is 0.176. The second kappa shape index (κ2) is 7.32. The molecule has 0 fully saturated rings. The van der Waals surface area contributed by atoms with Gasteiger partial charge in [-0.15, -0.1) is 0 Å². The summed E-state index contributed by atoms with van der Waals surface area (Å²) in [6, 6.07) is 11.9. The van der Waals surface area contributed by atoms with E-state index in [-0.39, 0.29) is 18.8 Å². The molecule has 0 amide bonds. The van der Waals surface area contributed by atoms with E-state index in [0.717, 1.165) is 11.3 Å². The van der Waals surface area contributed by atoms with Gasteiger partial charge in [0, 0.05) is 11.6 Å². The van der Waals surface area contributed by atoms with Crippen LogP contribution in [0.5, 0.6) is 11.5 Å². The summed E-state index contributed by atoms with van der Waals surface area (Å²) in [4.78, 5) is 0. The molecule has 2 aromatic carbocycles. The monoisotopic (exact) mass is 286 g/mol. The molecule has 108 valence electrons. The van der Waals surface area contributed by atoms with Crippen LogP contribution in [-0.2, 0) is 6.61 Å². The lowest BCUT2D eigenvalue weighted by atomic mass is 10.2. The van der Waals surface area contributed by atoms with Gasteiger partial charge in [0.05, 0.1) is 12.7 Å². The van der Waals surface area contributed by atoms with Crippen molar-refractivity contribution in [2.24, 2.45) is 0 Å². The van der Waals surface area contributed by atoms with E-state index in [9.17, 15) is 4.39 Å². The number of hydrogen-bond donors (Lipinski definition) is 1. The van der Waals surface area contributed by atoms with Gasteiger partial charge in [0.2, 0.25) is 0 Å². The highest BCUT2D eigenvalue weighted by Crippen LogP contribution is 2.21. The van der Waals surface area contributed by atoms with Crippen LogP contribution in [0.25, 0.3) is 0 Å². The number of methoxy groups -OCH3 is 1. The number of aliphatic hydroxyl groups is 1. The molecule has 0 saturated carbocycles. The van der Waals surface area contributed by atoms with Gasteiger partial charge in [-0.05, 0) is 18.2 Å². The topological polar surface area (TPSA) is 38.7 Å². The zero-order chi connectivity index (χ0) is 15.1. The van der Waals surface area contributed by atoms with Crippen LogP contribution in [0.4, 0.5) is 4.39 Å². The average Bonchev–Trinajstić information content (AvgIpc) is 2.52. The van der Waals surface area contributed by atoms with E-state index in [2.05, 4.69) is 11.8 Å². The Morgan fingerprint density at radius 2 is 2.00 bits per heavy atom. The number of para-hydroxylation sites is 1. The van der Waals surface area contributed by atoms with Crippen LogP contribution in [-0.4, -0.2) is 18.8 Å².